The second-order valence-corrected chi connectivity index (χ2v) is 5.69. The van der Waals surface area contributed by atoms with E-state index in [4.69, 9.17) is 0 Å². The first-order chi connectivity index (χ1) is 10.7. The summed E-state index contributed by atoms with van der Waals surface area (Å²) in [5.41, 5.74) is 0.979. The molecule has 2 rings (SSSR count). The fourth-order valence-corrected chi connectivity index (χ4v) is 2.64. The minimum Gasteiger partial charge on any atom is -0.353 e. The van der Waals surface area contributed by atoms with Gasteiger partial charge in [-0.25, -0.2) is 0 Å². The van der Waals surface area contributed by atoms with Gasteiger partial charge in [0, 0.05) is 25.1 Å². The van der Waals surface area contributed by atoms with Gasteiger partial charge in [-0.05, 0) is 24.5 Å². The van der Waals surface area contributed by atoms with Gasteiger partial charge in [-0.2, -0.15) is 0 Å². The number of nitrogens with one attached hydrogen (secondary N) is 2. The van der Waals surface area contributed by atoms with E-state index >= 15 is 0 Å². The van der Waals surface area contributed by atoms with Crippen LogP contribution >= 0.6 is 0 Å². The van der Waals surface area contributed by atoms with Crippen LogP contribution in [0.1, 0.15) is 44.1 Å². The summed E-state index contributed by atoms with van der Waals surface area (Å²) in [5, 5.41) is 5.78. The van der Waals surface area contributed by atoms with E-state index in [1.54, 1.807) is 6.08 Å². The lowest BCUT2D eigenvalue weighted by Crippen LogP contribution is -2.38. The molecule has 1 saturated carbocycles. The lowest BCUT2D eigenvalue weighted by molar-refractivity contribution is -0.122. The summed E-state index contributed by atoms with van der Waals surface area (Å²) in [6.45, 7) is 0.372. The highest BCUT2D eigenvalue weighted by Crippen LogP contribution is 2.17. The maximum absolute atomic E-state index is 11.8. The van der Waals surface area contributed by atoms with Crippen LogP contribution in [0.4, 0.5) is 0 Å². The van der Waals surface area contributed by atoms with Crippen LogP contribution in [0.15, 0.2) is 36.4 Å². The van der Waals surface area contributed by atoms with E-state index in [1.807, 2.05) is 30.3 Å². The van der Waals surface area contributed by atoms with Crippen LogP contribution in [-0.2, 0) is 9.59 Å². The standard InChI is InChI=1S/C18H24N2O2/c21-17(12-11-15-7-3-1-4-8-15)19-14-13-18(22)20-16-9-5-2-6-10-16/h1,3-4,7-8,11-12,16H,2,5-6,9-10,13-14H2,(H,19,21)(H,20,22)/b12-11+. The fourth-order valence-electron chi connectivity index (χ4n) is 2.64. The molecule has 118 valence electrons. The quantitative estimate of drug-likeness (QED) is 0.794. The number of hydrogen-bond acceptors (Lipinski definition) is 2. The molecule has 1 aromatic rings. The molecule has 1 aromatic carbocycles. The summed E-state index contributed by atoms with van der Waals surface area (Å²) < 4.78 is 0. The second-order valence-electron chi connectivity index (χ2n) is 5.69. The van der Waals surface area contributed by atoms with Crippen LogP contribution in [0.25, 0.3) is 6.08 Å². The Morgan fingerprint density at radius 3 is 2.55 bits per heavy atom. The van der Waals surface area contributed by atoms with Crippen molar-refractivity contribution in [3.8, 4) is 0 Å². The lowest BCUT2D eigenvalue weighted by atomic mass is 9.95. The predicted octanol–water partition coefficient (Wildman–Crippen LogP) is 2.66. The van der Waals surface area contributed by atoms with Crippen molar-refractivity contribution < 1.29 is 9.59 Å². The summed E-state index contributed by atoms with van der Waals surface area (Å²) in [5.74, 6) is -0.145. The highest BCUT2D eigenvalue weighted by molar-refractivity contribution is 5.92. The molecule has 2 N–H and O–H groups in total. The van der Waals surface area contributed by atoms with Crippen molar-refractivity contribution in [2.45, 2.75) is 44.6 Å². The molecule has 0 unspecified atom stereocenters. The first-order valence-corrected chi connectivity index (χ1v) is 8.04. The van der Waals surface area contributed by atoms with Gasteiger partial charge in [-0.15, -0.1) is 0 Å². The van der Waals surface area contributed by atoms with Crippen LogP contribution in [0.3, 0.4) is 0 Å². The number of carbonyl (C=O) groups is 2. The van der Waals surface area contributed by atoms with Crippen molar-refractivity contribution in [1.29, 1.82) is 0 Å². The van der Waals surface area contributed by atoms with E-state index in [0.717, 1.165) is 18.4 Å². The fraction of sp³-hybridized carbons (Fsp3) is 0.444. The summed E-state index contributed by atoms with van der Waals surface area (Å²) in [6.07, 6.45) is 9.43. The number of benzene rings is 1. The summed E-state index contributed by atoms with van der Waals surface area (Å²) in [6, 6.07) is 9.97. The third kappa shape index (κ3) is 6.12. The Kier molecular flexibility index (Phi) is 6.68. The van der Waals surface area contributed by atoms with Gasteiger partial charge in [0.1, 0.15) is 0 Å². The summed E-state index contributed by atoms with van der Waals surface area (Å²) in [7, 11) is 0. The Balaban J connectivity index is 1.62. The Hall–Kier alpha value is -2.10. The van der Waals surface area contributed by atoms with Crippen LogP contribution in [0.5, 0.6) is 0 Å². The molecule has 0 aliphatic heterocycles. The smallest absolute Gasteiger partial charge is 0.244 e. The highest BCUT2D eigenvalue weighted by atomic mass is 16.2. The molecule has 1 aliphatic rings. The largest absolute Gasteiger partial charge is 0.353 e. The van der Waals surface area contributed by atoms with Crippen molar-refractivity contribution in [3.63, 3.8) is 0 Å². The van der Waals surface area contributed by atoms with Crippen LogP contribution in [-0.4, -0.2) is 24.4 Å². The molecular weight excluding hydrogens is 276 g/mol. The zero-order valence-electron chi connectivity index (χ0n) is 12.9. The molecule has 22 heavy (non-hydrogen) atoms. The summed E-state index contributed by atoms with van der Waals surface area (Å²) in [4.78, 5) is 23.4. The van der Waals surface area contributed by atoms with Gasteiger partial charge in [0.15, 0.2) is 0 Å². The van der Waals surface area contributed by atoms with Gasteiger partial charge in [0.25, 0.3) is 0 Å². The molecule has 0 atom stereocenters. The molecule has 0 radical (unpaired) electrons. The molecule has 0 aromatic heterocycles. The molecule has 2 amide bonds. The van der Waals surface area contributed by atoms with Crippen molar-refractivity contribution in [2.24, 2.45) is 0 Å². The van der Waals surface area contributed by atoms with Crippen LogP contribution in [0, 0.1) is 0 Å². The van der Waals surface area contributed by atoms with Gasteiger partial charge in [-0.1, -0.05) is 49.6 Å². The maximum atomic E-state index is 11.8. The van der Waals surface area contributed by atoms with E-state index < -0.39 is 0 Å². The van der Waals surface area contributed by atoms with Gasteiger partial charge in [0.2, 0.25) is 11.8 Å². The van der Waals surface area contributed by atoms with Crippen molar-refractivity contribution in [1.82, 2.24) is 10.6 Å². The van der Waals surface area contributed by atoms with E-state index in [9.17, 15) is 9.59 Å². The maximum Gasteiger partial charge on any atom is 0.244 e. The molecule has 0 bridgehead atoms. The molecule has 1 aliphatic carbocycles. The van der Waals surface area contributed by atoms with E-state index in [2.05, 4.69) is 10.6 Å². The van der Waals surface area contributed by atoms with Crippen LogP contribution in [0.2, 0.25) is 0 Å². The SMILES string of the molecule is O=C(/C=C/c1ccccc1)NCCC(=O)NC1CCCCC1. The Morgan fingerprint density at radius 1 is 1.09 bits per heavy atom. The molecular formula is C18H24N2O2. The third-order valence-electron chi connectivity index (χ3n) is 3.85. The Labute approximate surface area is 132 Å². The van der Waals surface area contributed by atoms with E-state index in [-0.39, 0.29) is 11.8 Å². The zero-order chi connectivity index (χ0) is 15.6. The van der Waals surface area contributed by atoms with Gasteiger partial charge >= 0.3 is 0 Å². The van der Waals surface area contributed by atoms with E-state index in [0.29, 0.717) is 19.0 Å². The monoisotopic (exact) mass is 300 g/mol. The van der Waals surface area contributed by atoms with Gasteiger partial charge in [0.05, 0.1) is 0 Å². The van der Waals surface area contributed by atoms with Crippen molar-refractivity contribution in [2.75, 3.05) is 6.54 Å². The third-order valence-corrected chi connectivity index (χ3v) is 3.85. The number of hydrogen-bond donors (Lipinski definition) is 2. The molecule has 4 heteroatoms. The number of rotatable bonds is 6. The minimum atomic E-state index is -0.172. The van der Waals surface area contributed by atoms with Crippen molar-refractivity contribution >= 4 is 17.9 Å². The van der Waals surface area contributed by atoms with Gasteiger partial charge < -0.3 is 10.6 Å². The minimum absolute atomic E-state index is 0.0271. The lowest BCUT2D eigenvalue weighted by Gasteiger charge is -2.22. The van der Waals surface area contributed by atoms with Crippen molar-refractivity contribution in [3.05, 3.63) is 42.0 Å². The van der Waals surface area contributed by atoms with Gasteiger partial charge in [-0.3, -0.25) is 9.59 Å². The molecule has 0 spiro atoms. The highest BCUT2D eigenvalue weighted by Gasteiger charge is 2.15. The first kappa shape index (κ1) is 16.3. The molecule has 4 nitrogen and oxygen atoms in total. The Morgan fingerprint density at radius 2 is 1.82 bits per heavy atom. The number of carbonyl (C=O) groups excluding carboxylic acids is 2. The first-order valence-electron chi connectivity index (χ1n) is 8.04. The van der Waals surface area contributed by atoms with Crippen LogP contribution < -0.4 is 10.6 Å². The average molecular weight is 300 g/mol. The second kappa shape index (κ2) is 9.03. The molecule has 0 saturated heterocycles. The predicted molar refractivity (Wildman–Crippen MR) is 88.1 cm³/mol. The zero-order valence-corrected chi connectivity index (χ0v) is 12.9. The molecule has 0 heterocycles. The Bertz CT molecular complexity index is 505. The average Bonchev–Trinajstić information content (AvgIpc) is 2.55. The normalized spacial score (nSPS) is 15.6. The molecule has 1 fully saturated rings. The topological polar surface area (TPSA) is 58.2 Å². The summed E-state index contributed by atoms with van der Waals surface area (Å²) >= 11 is 0. The van der Waals surface area contributed by atoms with E-state index in [1.165, 1.54) is 25.3 Å². The number of amides is 2.